The van der Waals surface area contributed by atoms with Crippen molar-refractivity contribution < 1.29 is 17.6 Å². The predicted molar refractivity (Wildman–Crippen MR) is 134 cm³/mol. The summed E-state index contributed by atoms with van der Waals surface area (Å²) in [6.07, 6.45) is 0.596. The smallest absolute Gasteiger partial charge is 0.243 e. The van der Waals surface area contributed by atoms with Gasteiger partial charge in [0, 0.05) is 26.2 Å². The summed E-state index contributed by atoms with van der Waals surface area (Å²) in [5.41, 5.74) is 1.98. The number of nitrogens with one attached hydrogen (secondary N) is 1. The van der Waals surface area contributed by atoms with Crippen LogP contribution in [0.2, 0.25) is 0 Å². The molecule has 1 aliphatic heterocycles. The molecule has 0 unspecified atom stereocenters. The zero-order valence-electron chi connectivity index (χ0n) is 19.7. The summed E-state index contributed by atoms with van der Waals surface area (Å²) in [4.78, 5) is 15.4. The van der Waals surface area contributed by atoms with E-state index in [4.69, 9.17) is 0 Å². The average Bonchev–Trinajstić information content (AvgIpc) is 3.15. The molecule has 1 N–H and O–H groups in total. The molecule has 4 rings (SSSR count). The molecule has 0 aromatic heterocycles. The van der Waals surface area contributed by atoms with Gasteiger partial charge in [-0.25, -0.2) is 12.8 Å². The van der Waals surface area contributed by atoms with E-state index in [1.807, 2.05) is 72.5 Å². The number of carbonyl (C=O) groups is 1. The van der Waals surface area contributed by atoms with Crippen LogP contribution in [0.15, 0.2) is 89.8 Å². The van der Waals surface area contributed by atoms with Crippen LogP contribution in [0, 0.1) is 5.82 Å². The number of hydrogen-bond acceptors (Lipinski definition) is 4. The monoisotopic (exact) mass is 495 g/mol. The van der Waals surface area contributed by atoms with Gasteiger partial charge in [0.25, 0.3) is 0 Å². The average molecular weight is 496 g/mol. The minimum Gasteiger partial charge on any atom is -0.344 e. The van der Waals surface area contributed by atoms with Gasteiger partial charge in [-0.05, 0) is 48.7 Å². The van der Waals surface area contributed by atoms with Gasteiger partial charge in [0.05, 0.1) is 17.0 Å². The molecule has 3 aromatic rings. The third-order valence-electron chi connectivity index (χ3n) is 6.42. The van der Waals surface area contributed by atoms with E-state index >= 15 is 0 Å². The third kappa shape index (κ3) is 5.96. The van der Waals surface area contributed by atoms with Gasteiger partial charge in [-0.2, -0.15) is 4.31 Å². The zero-order valence-corrected chi connectivity index (χ0v) is 20.5. The number of sulfonamides is 1. The van der Waals surface area contributed by atoms with E-state index in [0.29, 0.717) is 26.1 Å². The molecule has 184 valence electrons. The second-order valence-corrected chi connectivity index (χ2v) is 10.6. The maximum atomic E-state index is 13.3. The molecule has 0 saturated carbocycles. The largest absolute Gasteiger partial charge is 0.344 e. The van der Waals surface area contributed by atoms with Crippen LogP contribution in [0.3, 0.4) is 0 Å². The predicted octanol–water partition coefficient (Wildman–Crippen LogP) is 3.82. The highest BCUT2D eigenvalue weighted by atomic mass is 32.2. The highest BCUT2D eigenvalue weighted by molar-refractivity contribution is 7.89. The maximum Gasteiger partial charge on any atom is 0.243 e. The molecule has 0 aliphatic carbocycles. The lowest BCUT2D eigenvalue weighted by Gasteiger charge is -2.29. The number of hydrogen-bond donors (Lipinski definition) is 1. The molecular weight excluding hydrogens is 465 g/mol. The number of benzene rings is 3. The van der Waals surface area contributed by atoms with Crippen LogP contribution in [0.25, 0.3) is 0 Å². The van der Waals surface area contributed by atoms with Gasteiger partial charge in [-0.3, -0.25) is 9.69 Å². The fourth-order valence-corrected chi connectivity index (χ4v) is 5.85. The van der Waals surface area contributed by atoms with Crippen LogP contribution in [-0.2, 0) is 14.8 Å². The SMILES string of the molecule is C[C@@H](C(=O)NC(c1ccccc1)c1ccccc1)N1CCCN(S(=O)(=O)c2ccc(F)cc2)CC1. The molecule has 0 radical (unpaired) electrons. The van der Waals surface area contributed by atoms with Crippen molar-refractivity contribution in [1.82, 2.24) is 14.5 Å². The number of amides is 1. The lowest BCUT2D eigenvalue weighted by atomic mass is 9.98. The van der Waals surface area contributed by atoms with Crippen LogP contribution in [-0.4, -0.2) is 55.8 Å². The summed E-state index contributed by atoms with van der Waals surface area (Å²) in [6, 6.07) is 23.8. The number of carbonyl (C=O) groups excluding carboxylic acids is 1. The van der Waals surface area contributed by atoms with Crippen molar-refractivity contribution in [2.24, 2.45) is 0 Å². The highest BCUT2D eigenvalue weighted by Crippen LogP contribution is 2.23. The van der Waals surface area contributed by atoms with Gasteiger partial charge in [0.1, 0.15) is 5.82 Å². The number of halogens is 1. The molecule has 0 bridgehead atoms. The first-order valence-electron chi connectivity index (χ1n) is 11.8. The lowest BCUT2D eigenvalue weighted by molar-refractivity contribution is -0.126. The highest BCUT2D eigenvalue weighted by Gasteiger charge is 2.31. The van der Waals surface area contributed by atoms with Crippen molar-refractivity contribution in [3.05, 3.63) is 102 Å². The van der Waals surface area contributed by atoms with Crippen LogP contribution in [0.4, 0.5) is 4.39 Å². The van der Waals surface area contributed by atoms with Crippen LogP contribution in [0.1, 0.15) is 30.5 Å². The summed E-state index contributed by atoms with van der Waals surface area (Å²) < 4.78 is 40.7. The van der Waals surface area contributed by atoms with Crippen LogP contribution in [0.5, 0.6) is 0 Å². The zero-order chi connectivity index (χ0) is 24.8. The van der Waals surface area contributed by atoms with E-state index in [1.165, 1.54) is 16.4 Å². The van der Waals surface area contributed by atoms with Crippen molar-refractivity contribution in [1.29, 1.82) is 0 Å². The standard InChI is InChI=1S/C27H30FN3O3S/c1-21(27(32)29-26(22-9-4-2-5-10-22)23-11-6-3-7-12-23)30-17-8-18-31(20-19-30)35(33,34)25-15-13-24(28)14-16-25/h2-7,9-16,21,26H,8,17-20H2,1H3,(H,29,32)/t21-/m0/s1. The van der Waals surface area contributed by atoms with E-state index in [9.17, 15) is 17.6 Å². The van der Waals surface area contributed by atoms with E-state index in [-0.39, 0.29) is 23.4 Å². The molecule has 1 heterocycles. The molecule has 1 saturated heterocycles. The summed E-state index contributed by atoms with van der Waals surface area (Å²) in [5.74, 6) is -0.590. The van der Waals surface area contributed by atoms with Crippen molar-refractivity contribution in [3.63, 3.8) is 0 Å². The Kier molecular flexibility index (Phi) is 7.95. The van der Waals surface area contributed by atoms with Gasteiger partial charge < -0.3 is 5.32 Å². The molecular formula is C27H30FN3O3S. The quantitative estimate of drug-likeness (QED) is 0.541. The van der Waals surface area contributed by atoms with Crippen molar-refractivity contribution in [2.45, 2.75) is 30.3 Å². The molecule has 1 atom stereocenters. The van der Waals surface area contributed by atoms with E-state index in [0.717, 1.165) is 23.3 Å². The van der Waals surface area contributed by atoms with E-state index < -0.39 is 21.9 Å². The Bertz CT molecular complexity index is 1180. The Labute approximate surface area is 206 Å². The van der Waals surface area contributed by atoms with Crippen LogP contribution >= 0.6 is 0 Å². The third-order valence-corrected chi connectivity index (χ3v) is 8.33. The molecule has 1 fully saturated rings. The number of nitrogens with zero attached hydrogens (tertiary/aromatic N) is 2. The van der Waals surface area contributed by atoms with Gasteiger partial charge in [-0.15, -0.1) is 0 Å². The summed E-state index contributed by atoms with van der Waals surface area (Å²) in [5, 5.41) is 3.19. The summed E-state index contributed by atoms with van der Waals surface area (Å²) in [6.45, 7) is 3.49. The summed E-state index contributed by atoms with van der Waals surface area (Å²) >= 11 is 0. The molecule has 0 spiro atoms. The topological polar surface area (TPSA) is 69.7 Å². The Morgan fingerprint density at radius 1 is 0.829 bits per heavy atom. The second kappa shape index (κ2) is 11.1. The maximum absolute atomic E-state index is 13.3. The van der Waals surface area contributed by atoms with Crippen molar-refractivity contribution in [3.8, 4) is 0 Å². The van der Waals surface area contributed by atoms with Crippen LogP contribution < -0.4 is 5.32 Å². The minimum absolute atomic E-state index is 0.0757. The van der Waals surface area contributed by atoms with Crippen molar-refractivity contribution >= 4 is 15.9 Å². The van der Waals surface area contributed by atoms with Gasteiger partial charge in [0.2, 0.25) is 15.9 Å². The van der Waals surface area contributed by atoms with Gasteiger partial charge in [0.15, 0.2) is 0 Å². The first kappa shape index (κ1) is 25.0. The molecule has 6 nitrogen and oxygen atoms in total. The second-order valence-electron chi connectivity index (χ2n) is 8.69. The molecule has 1 amide bonds. The minimum atomic E-state index is -3.72. The Hall–Kier alpha value is -3.07. The Balaban J connectivity index is 1.45. The van der Waals surface area contributed by atoms with Crippen molar-refractivity contribution in [2.75, 3.05) is 26.2 Å². The summed E-state index contributed by atoms with van der Waals surface area (Å²) in [7, 11) is -3.72. The van der Waals surface area contributed by atoms with Gasteiger partial charge >= 0.3 is 0 Å². The first-order chi connectivity index (χ1) is 16.9. The van der Waals surface area contributed by atoms with E-state index in [1.54, 1.807) is 0 Å². The fraction of sp³-hybridized carbons (Fsp3) is 0.296. The first-order valence-corrected chi connectivity index (χ1v) is 13.2. The lowest BCUT2D eigenvalue weighted by Crippen LogP contribution is -2.47. The number of rotatable bonds is 7. The Morgan fingerprint density at radius 2 is 1.40 bits per heavy atom. The molecule has 35 heavy (non-hydrogen) atoms. The Morgan fingerprint density at radius 3 is 1.97 bits per heavy atom. The molecule has 1 aliphatic rings. The normalized spacial score (nSPS) is 16.5. The molecule has 8 heteroatoms. The van der Waals surface area contributed by atoms with E-state index in [2.05, 4.69) is 5.32 Å². The fourth-order valence-electron chi connectivity index (χ4n) is 4.38. The molecule has 3 aromatic carbocycles. The van der Waals surface area contributed by atoms with Gasteiger partial charge in [-0.1, -0.05) is 60.7 Å².